The van der Waals surface area contributed by atoms with E-state index in [2.05, 4.69) is 173 Å². The van der Waals surface area contributed by atoms with E-state index in [9.17, 15) is 9.90 Å². The standard InChI is InChI=1S/C52H71O5P.C2H6/c1-29-21-31(41-37-25-34(49(9,10)11)27-39(51(15,16)17)44(37)55-46(41)54)22-30(2)43(29)56-58-57-45-36(24-33(48(6,7)8)28-40(45)52(18,19)20)35-23-32(47(3,4)5)26-38(42(35)53)50(12,13)14;1-2/h21-28,41,53,58H,1-20H3;1-2H3. The van der Waals surface area contributed by atoms with E-state index >= 15 is 0 Å². The summed E-state index contributed by atoms with van der Waals surface area (Å²) in [5.74, 6) is 1.62. The molecule has 0 bridgehead atoms. The molecule has 1 aliphatic heterocycles. The van der Waals surface area contributed by atoms with Crippen LogP contribution in [0.2, 0.25) is 0 Å². The number of hydrogen-bond acceptors (Lipinski definition) is 5. The van der Waals surface area contributed by atoms with Gasteiger partial charge in [-0.1, -0.05) is 175 Å². The number of benzene rings is 4. The Kier molecular flexibility index (Phi) is 13.7. The van der Waals surface area contributed by atoms with Gasteiger partial charge >= 0.3 is 5.97 Å². The molecule has 328 valence electrons. The van der Waals surface area contributed by atoms with E-state index in [0.717, 1.165) is 61.4 Å². The summed E-state index contributed by atoms with van der Waals surface area (Å²) in [5.41, 5.74) is 10.6. The molecule has 1 aliphatic rings. The Morgan fingerprint density at radius 2 is 0.917 bits per heavy atom. The summed E-state index contributed by atoms with van der Waals surface area (Å²) in [6.45, 7) is 47.5. The van der Waals surface area contributed by atoms with E-state index in [1.165, 1.54) is 11.1 Å². The number of aryl methyl sites for hydroxylation is 2. The summed E-state index contributed by atoms with van der Waals surface area (Å²) >= 11 is 0. The van der Waals surface area contributed by atoms with Gasteiger partial charge in [-0.15, -0.1) is 0 Å². The van der Waals surface area contributed by atoms with Gasteiger partial charge in [-0.05, 0) is 91.9 Å². The molecule has 6 heteroatoms. The molecule has 0 saturated carbocycles. The van der Waals surface area contributed by atoms with Crippen LogP contribution in [0.25, 0.3) is 11.1 Å². The maximum Gasteiger partial charge on any atom is 0.323 e. The van der Waals surface area contributed by atoms with Gasteiger partial charge in [0.25, 0.3) is 9.03 Å². The molecule has 0 radical (unpaired) electrons. The predicted molar refractivity (Wildman–Crippen MR) is 256 cm³/mol. The topological polar surface area (TPSA) is 65.0 Å². The highest BCUT2D eigenvalue weighted by molar-refractivity contribution is 7.27. The quantitative estimate of drug-likeness (QED) is 0.119. The van der Waals surface area contributed by atoms with Gasteiger partial charge in [0.2, 0.25) is 0 Å². The summed E-state index contributed by atoms with van der Waals surface area (Å²) in [6.07, 6.45) is 0. The van der Waals surface area contributed by atoms with Gasteiger partial charge in [-0.3, -0.25) is 4.79 Å². The summed E-state index contributed by atoms with van der Waals surface area (Å²) in [6, 6.07) is 17.3. The van der Waals surface area contributed by atoms with Crippen LogP contribution in [-0.4, -0.2) is 11.1 Å². The van der Waals surface area contributed by atoms with Crippen LogP contribution in [0.1, 0.15) is 200 Å². The Morgan fingerprint density at radius 1 is 0.517 bits per heavy atom. The molecular weight excluding hydrogens is 760 g/mol. The highest BCUT2D eigenvalue weighted by Gasteiger charge is 2.40. The Bertz CT molecular complexity index is 2210. The zero-order valence-electron chi connectivity index (χ0n) is 41.3. The molecule has 4 aromatic rings. The predicted octanol–water partition coefficient (Wildman–Crippen LogP) is 15.5. The second-order valence-corrected chi connectivity index (χ2v) is 23.5. The van der Waals surface area contributed by atoms with Gasteiger partial charge in [0.1, 0.15) is 28.9 Å². The van der Waals surface area contributed by atoms with E-state index in [4.69, 9.17) is 13.8 Å². The molecule has 0 fully saturated rings. The van der Waals surface area contributed by atoms with Crippen molar-refractivity contribution in [2.45, 2.75) is 191 Å². The molecular formula is C54H77O5P. The molecule has 0 saturated heterocycles. The van der Waals surface area contributed by atoms with Gasteiger partial charge in [-0.2, -0.15) is 0 Å². The maximum absolute atomic E-state index is 13.7. The van der Waals surface area contributed by atoms with E-state index in [1.807, 2.05) is 27.7 Å². The van der Waals surface area contributed by atoms with Crippen molar-refractivity contribution in [3.05, 3.63) is 104 Å². The smallest absolute Gasteiger partial charge is 0.323 e. The minimum atomic E-state index is -0.531. The fourth-order valence-corrected chi connectivity index (χ4v) is 8.51. The summed E-state index contributed by atoms with van der Waals surface area (Å²) in [5, 5.41) is 12.1. The summed E-state index contributed by atoms with van der Waals surface area (Å²) in [7, 11) is -0.370. The van der Waals surface area contributed by atoms with Gasteiger partial charge < -0.3 is 18.9 Å². The average Bonchev–Trinajstić information content (AvgIpc) is 3.42. The van der Waals surface area contributed by atoms with Crippen LogP contribution >= 0.6 is 9.03 Å². The molecule has 2 unspecified atom stereocenters. The van der Waals surface area contributed by atoms with Crippen LogP contribution in [0, 0.1) is 13.8 Å². The van der Waals surface area contributed by atoms with Crippen molar-refractivity contribution in [3.63, 3.8) is 0 Å². The van der Waals surface area contributed by atoms with Gasteiger partial charge in [-0.25, -0.2) is 0 Å². The number of carbonyl (C=O) groups excluding carboxylic acids is 1. The fourth-order valence-electron chi connectivity index (χ4n) is 7.76. The van der Waals surface area contributed by atoms with Crippen LogP contribution in [0.15, 0.2) is 48.5 Å². The lowest BCUT2D eigenvalue weighted by atomic mass is 9.75. The van der Waals surface area contributed by atoms with E-state index in [0.29, 0.717) is 11.5 Å². The van der Waals surface area contributed by atoms with E-state index in [1.54, 1.807) is 0 Å². The van der Waals surface area contributed by atoms with Crippen molar-refractivity contribution in [2.75, 3.05) is 0 Å². The van der Waals surface area contributed by atoms with Crippen molar-refractivity contribution >= 4 is 15.0 Å². The number of ether oxygens (including phenoxy) is 1. The molecule has 1 N–H and O–H groups in total. The zero-order chi connectivity index (χ0) is 45.9. The normalized spacial score (nSPS) is 15.2. The second kappa shape index (κ2) is 16.8. The highest BCUT2D eigenvalue weighted by Crippen LogP contribution is 2.51. The van der Waals surface area contributed by atoms with Crippen LogP contribution in [0.5, 0.6) is 23.0 Å². The van der Waals surface area contributed by atoms with Crippen molar-refractivity contribution in [1.82, 2.24) is 0 Å². The highest BCUT2D eigenvalue weighted by atomic mass is 31.1. The number of hydrogen-bond donors (Lipinski definition) is 1. The van der Waals surface area contributed by atoms with E-state index in [-0.39, 0.29) is 53.2 Å². The number of phenolic OH excluding ortho intramolecular Hbond substituents is 1. The number of aromatic hydroxyl groups is 1. The average molecular weight is 837 g/mol. The van der Waals surface area contributed by atoms with Crippen LogP contribution < -0.4 is 13.8 Å². The Labute approximate surface area is 366 Å². The fraction of sp³-hybridized carbons (Fsp3) is 0.537. The second-order valence-electron chi connectivity index (χ2n) is 22.9. The summed E-state index contributed by atoms with van der Waals surface area (Å²) in [4.78, 5) is 13.7. The third-order valence-corrected chi connectivity index (χ3v) is 12.1. The first-order valence-electron chi connectivity index (χ1n) is 21.9. The minimum Gasteiger partial charge on any atom is -0.507 e. The van der Waals surface area contributed by atoms with Crippen molar-refractivity contribution in [3.8, 4) is 34.1 Å². The molecule has 0 aromatic heterocycles. The first kappa shape index (κ1) is 48.8. The molecule has 4 aromatic carbocycles. The SMILES string of the molecule is CC.Cc1cc(C2C(=O)Oc3c2cc(C(C)(C)C)cc3C(C)(C)C)cc(C)c1OPOc1c(-c2cc(C(C)(C)C)cc(C(C)(C)C)c2O)cc(C(C)(C)C)cc1C(C)(C)C. The Hall–Kier alpha value is -3.82. The largest absolute Gasteiger partial charge is 0.507 e. The molecule has 5 rings (SSSR count). The third-order valence-electron chi connectivity index (χ3n) is 11.5. The number of phenols is 1. The molecule has 5 nitrogen and oxygen atoms in total. The lowest BCUT2D eigenvalue weighted by molar-refractivity contribution is -0.133. The molecule has 1 heterocycles. The van der Waals surface area contributed by atoms with Crippen LogP contribution in [0.4, 0.5) is 0 Å². The van der Waals surface area contributed by atoms with Crippen molar-refractivity contribution in [2.24, 2.45) is 0 Å². The number of fused-ring (bicyclic) bond motifs is 1. The van der Waals surface area contributed by atoms with E-state index < -0.39 is 5.92 Å². The van der Waals surface area contributed by atoms with Crippen LogP contribution in [0.3, 0.4) is 0 Å². The van der Waals surface area contributed by atoms with Gasteiger partial charge in [0.15, 0.2) is 0 Å². The molecule has 0 spiro atoms. The van der Waals surface area contributed by atoms with Crippen molar-refractivity contribution < 1.29 is 23.7 Å². The van der Waals surface area contributed by atoms with Gasteiger partial charge in [0, 0.05) is 33.4 Å². The minimum absolute atomic E-state index is 0.0987. The van der Waals surface area contributed by atoms with Crippen LogP contribution in [-0.2, 0) is 37.3 Å². The lowest BCUT2D eigenvalue weighted by Crippen LogP contribution is -2.19. The number of esters is 1. The van der Waals surface area contributed by atoms with Crippen molar-refractivity contribution in [1.29, 1.82) is 0 Å². The Morgan fingerprint density at radius 3 is 1.37 bits per heavy atom. The number of carbonyl (C=O) groups is 1. The molecule has 0 aliphatic carbocycles. The summed E-state index contributed by atoms with van der Waals surface area (Å²) < 4.78 is 19.5. The molecule has 60 heavy (non-hydrogen) atoms. The number of rotatable bonds is 6. The monoisotopic (exact) mass is 837 g/mol. The lowest BCUT2D eigenvalue weighted by Gasteiger charge is -2.31. The molecule has 0 amide bonds. The third kappa shape index (κ3) is 10.3. The molecule has 2 atom stereocenters. The Balaban J connectivity index is 0.00000391. The zero-order valence-corrected chi connectivity index (χ0v) is 42.3. The first-order chi connectivity index (χ1) is 27.2. The maximum atomic E-state index is 13.7. The van der Waals surface area contributed by atoms with Gasteiger partial charge in [0.05, 0.1) is 0 Å². The first-order valence-corrected chi connectivity index (χ1v) is 22.7.